The summed E-state index contributed by atoms with van der Waals surface area (Å²) in [5, 5.41) is 3.56. The monoisotopic (exact) mass is 275 g/mol. The molecule has 0 amide bonds. The van der Waals surface area contributed by atoms with Gasteiger partial charge in [0.1, 0.15) is 0 Å². The molecule has 2 atom stereocenters. The number of hydrogen-bond acceptors (Lipinski definition) is 1. The summed E-state index contributed by atoms with van der Waals surface area (Å²) in [5.41, 5.74) is 0.624. The van der Waals surface area contributed by atoms with Gasteiger partial charge >= 0.3 is 0 Å². The lowest BCUT2D eigenvalue weighted by molar-refractivity contribution is 0.306. The summed E-state index contributed by atoms with van der Waals surface area (Å²) in [7, 11) is 0. The molecule has 2 unspecified atom stereocenters. The maximum absolute atomic E-state index is 13.4. The predicted molar refractivity (Wildman–Crippen MR) is 71.8 cm³/mol. The van der Waals surface area contributed by atoms with E-state index in [0.29, 0.717) is 11.5 Å². The van der Waals surface area contributed by atoms with Crippen molar-refractivity contribution in [3.05, 3.63) is 34.4 Å². The molecule has 1 rings (SSSR count). The van der Waals surface area contributed by atoms with Gasteiger partial charge in [-0.25, -0.2) is 8.78 Å². The fraction of sp³-hybridized carbons (Fsp3) is 0.571. The van der Waals surface area contributed by atoms with E-state index in [-0.39, 0.29) is 17.0 Å². The molecule has 0 saturated carbocycles. The Morgan fingerprint density at radius 2 is 1.72 bits per heavy atom. The topological polar surface area (TPSA) is 12.0 Å². The fourth-order valence-electron chi connectivity index (χ4n) is 1.96. The first-order chi connectivity index (χ1) is 8.38. The molecule has 0 aliphatic carbocycles. The molecular formula is C14H20ClF2N. The van der Waals surface area contributed by atoms with Crippen molar-refractivity contribution in [1.82, 2.24) is 5.32 Å². The van der Waals surface area contributed by atoms with Crippen LogP contribution < -0.4 is 5.32 Å². The van der Waals surface area contributed by atoms with Crippen molar-refractivity contribution in [2.45, 2.75) is 33.7 Å². The first kappa shape index (κ1) is 15.4. The minimum atomic E-state index is -0.906. The Balaban J connectivity index is 3.17. The van der Waals surface area contributed by atoms with Crippen LogP contribution >= 0.6 is 11.6 Å². The average Bonchev–Trinajstić information content (AvgIpc) is 2.30. The Kier molecular flexibility index (Phi) is 5.54. The van der Waals surface area contributed by atoms with Gasteiger partial charge in [-0.2, -0.15) is 0 Å². The van der Waals surface area contributed by atoms with Gasteiger partial charge in [-0.3, -0.25) is 0 Å². The lowest BCUT2D eigenvalue weighted by atomic mass is 9.86. The molecule has 0 aliphatic rings. The van der Waals surface area contributed by atoms with Gasteiger partial charge in [0.2, 0.25) is 0 Å². The summed E-state index contributed by atoms with van der Waals surface area (Å²) in [5.74, 6) is -1.07. The Morgan fingerprint density at radius 3 is 2.22 bits per heavy atom. The van der Waals surface area contributed by atoms with Crippen LogP contribution in [0.3, 0.4) is 0 Å². The Labute approximate surface area is 113 Å². The van der Waals surface area contributed by atoms with Crippen LogP contribution in [-0.2, 0) is 0 Å². The Hall–Kier alpha value is -0.670. The lowest BCUT2D eigenvalue weighted by Crippen LogP contribution is -2.30. The summed E-state index contributed by atoms with van der Waals surface area (Å²) in [4.78, 5) is 0. The molecule has 0 heterocycles. The second-order valence-corrected chi connectivity index (χ2v) is 5.33. The third-order valence-corrected chi connectivity index (χ3v) is 3.70. The van der Waals surface area contributed by atoms with Gasteiger partial charge in [0.15, 0.2) is 11.6 Å². The summed E-state index contributed by atoms with van der Waals surface area (Å²) >= 11 is 6.03. The van der Waals surface area contributed by atoms with E-state index in [2.05, 4.69) is 26.1 Å². The molecule has 0 aromatic heterocycles. The first-order valence-corrected chi connectivity index (χ1v) is 6.64. The predicted octanol–water partition coefficient (Wildman–Crippen LogP) is 4.56. The van der Waals surface area contributed by atoms with E-state index in [9.17, 15) is 8.78 Å². The van der Waals surface area contributed by atoms with E-state index in [0.717, 1.165) is 12.6 Å². The van der Waals surface area contributed by atoms with E-state index in [1.54, 1.807) is 0 Å². The van der Waals surface area contributed by atoms with Crippen LogP contribution in [-0.4, -0.2) is 6.54 Å². The fourth-order valence-corrected chi connectivity index (χ4v) is 2.23. The Bertz CT molecular complexity index is 407. The smallest absolute Gasteiger partial charge is 0.160 e. The average molecular weight is 276 g/mol. The molecule has 1 N–H and O–H groups in total. The minimum Gasteiger partial charge on any atom is -0.310 e. The SMILES string of the molecule is CCNC(c1cc(F)c(F)cc1Cl)C(C)C(C)C. The molecule has 0 spiro atoms. The Morgan fingerprint density at radius 1 is 1.17 bits per heavy atom. The van der Waals surface area contributed by atoms with Crippen molar-refractivity contribution in [1.29, 1.82) is 0 Å². The van der Waals surface area contributed by atoms with Gasteiger partial charge in [0.25, 0.3) is 0 Å². The highest BCUT2D eigenvalue weighted by atomic mass is 35.5. The molecule has 1 nitrogen and oxygen atoms in total. The highest BCUT2D eigenvalue weighted by molar-refractivity contribution is 6.31. The van der Waals surface area contributed by atoms with Gasteiger partial charge in [-0.15, -0.1) is 0 Å². The molecule has 0 bridgehead atoms. The molecule has 0 saturated heterocycles. The summed E-state index contributed by atoms with van der Waals surface area (Å²) in [6.07, 6.45) is 0. The summed E-state index contributed by atoms with van der Waals surface area (Å²) in [6.45, 7) is 9.01. The van der Waals surface area contributed by atoms with Crippen molar-refractivity contribution in [2.75, 3.05) is 6.54 Å². The van der Waals surface area contributed by atoms with Crippen LogP contribution in [0.1, 0.15) is 39.3 Å². The van der Waals surface area contributed by atoms with Crippen molar-refractivity contribution in [3.8, 4) is 0 Å². The second-order valence-electron chi connectivity index (χ2n) is 4.93. The van der Waals surface area contributed by atoms with Crippen molar-refractivity contribution in [3.63, 3.8) is 0 Å². The number of hydrogen-bond donors (Lipinski definition) is 1. The minimum absolute atomic E-state index is 0.0717. The molecule has 1 aromatic rings. The zero-order valence-corrected chi connectivity index (χ0v) is 12.0. The maximum atomic E-state index is 13.4. The van der Waals surface area contributed by atoms with Gasteiger partial charge in [-0.05, 0) is 36.1 Å². The molecule has 102 valence electrons. The molecule has 4 heteroatoms. The van der Waals surface area contributed by atoms with Gasteiger partial charge in [0, 0.05) is 11.1 Å². The standard InChI is InChI=1S/C14H20ClF2N/c1-5-18-14(9(4)8(2)3)10-6-12(16)13(17)7-11(10)15/h6-9,14,18H,5H2,1-4H3. The van der Waals surface area contributed by atoms with Crippen LogP contribution in [0.25, 0.3) is 0 Å². The van der Waals surface area contributed by atoms with Crippen molar-refractivity contribution < 1.29 is 8.78 Å². The summed E-state index contributed by atoms with van der Waals surface area (Å²) in [6, 6.07) is 2.17. The largest absolute Gasteiger partial charge is 0.310 e. The van der Waals surface area contributed by atoms with Crippen LogP contribution in [0.4, 0.5) is 8.78 Å². The second kappa shape index (κ2) is 6.48. The molecule has 0 aliphatic heterocycles. The highest BCUT2D eigenvalue weighted by Gasteiger charge is 2.24. The first-order valence-electron chi connectivity index (χ1n) is 6.26. The zero-order chi connectivity index (χ0) is 13.9. The van der Waals surface area contributed by atoms with E-state index in [1.165, 1.54) is 6.07 Å². The third kappa shape index (κ3) is 3.42. The number of halogens is 3. The van der Waals surface area contributed by atoms with E-state index < -0.39 is 11.6 Å². The molecular weight excluding hydrogens is 256 g/mol. The van der Waals surface area contributed by atoms with Crippen molar-refractivity contribution in [2.24, 2.45) is 11.8 Å². The van der Waals surface area contributed by atoms with Gasteiger partial charge in [-0.1, -0.05) is 39.3 Å². The summed E-state index contributed by atoms with van der Waals surface area (Å²) < 4.78 is 26.5. The highest BCUT2D eigenvalue weighted by Crippen LogP contribution is 2.33. The van der Waals surface area contributed by atoms with E-state index in [4.69, 9.17) is 11.6 Å². The number of rotatable bonds is 5. The van der Waals surface area contributed by atoms with Gasteiger partial charge < -0.3 is 5.32 Å². The van der Waals surface area contributed by atoms with Crippen LogP contribution in [0, 0.1) is 23.5 Å². The number of benzene rings is 1. The van der Waals surface area contributed by atoms with Gasteiger partial charge in [0.05, 0.1) is 0 Å². The molecule has 18 heavy (non-hydrogen) atoms. The maximum Gasteiger partial charge on any atom is 0.160 e. The van der Waals surface area contributed by atoms with Crippen LogP contribution in [0.15, 0.2) is 12.1 Å². The number of nitrogens with one attached hydrogen (secondary N) is 1. The van der Waals surface area contributed by atoms with Crippen LogP contribution in [0.5, 0.6) is 0 Å². The molecule has 1 aromatic carbocycles. The quantitative estimate of drug-likeness (QED) is 0.777. The molecule has 0 radical (unpaired) electrons. The van der Waals surface area contributed by atoms with E-state index in [1.807, 2.05) is 6.92 Å². The van der Waals surface area contributed by atoms with Crippen LogP contribution in [0.2, 0.25) is 5.02 Å². The van der Waals surface area contributed by atoms with Crippen molar-refractivity contribution >= 4 is 11.6 Å². The lowest BCUT2D eigenvalue weighted by Gasteiger charge is -2.29. The normalized spacial score (nSPS) is 14.9. The zero-order valence-electron chi connectivity index (χ0n) is 11.2. The molecule has 0 fully saturated rings. The van der Waals surface area contributed by atoms with E-state index >= 15 is 0 Å². The third-order valence-electron chi connectivity index (χ3n) is 3.38.